The maximum Gasteiger partial charge on any atom is 0.317 e. The molecule has 0 bridgehead atoms. The highest BCUT2D eigenvalue weighted by Crippen LogP contribution is 2.19. The molecule has 7 heteroatoms. The number of imidazole rings is 1. The molecule has 0 radical (unpaired) electrons. The van der Waals surface area contributed by atoms with E-state index in [1.165, 1.54) is 0 Å². The average Bonchev–Trinajstić information content (AvgIpc) is 3.18. The van der Waals surface area contributed by atoms with Gasteiger partial charge in [-0.2, -0.15) is 0 Å². The molecule has 1 atom stereocenters. The van der Waals surface area contributed by atoms with Crippen molar-refractivity contribution in [1.82, 2.24) is 25.1 Å². The molecule has 2 amide bonds. The van der Waals surface area contributed by atoms with Gasteiger partial charge in [-0.05, 0) is 50.9 Å². The Balaban J connectivity index is 1.50. The first-order valence-corrected chi connectivity index (χ1v) is 9.17. The van der Waals surface area contributed by atoms with Crippen molar-refractivity contribution in [3.63, 3.8) is 0 Å². The number of fused-ring (bicyclic) bond motifs is 1. The van der Waals surface area contributed by atoms with Crippen LogP contribution in [0.15, 0.2) is 18.2 Å². The van der Waals surface area contributed by atoms with Crippen LogP contribution in [0.1, 0.15) is 26.1 Å². The number of amides is 2. The molecule has 1 fully saturated rings. The Morgan fingerprint density at radius 1 is 1.52 bits per heavy atom. The molecular weight excluding hydrogens is 338 g/mol. The molecule has 2 N–H and O–H groups in total. The van der Waals surface area contributed by atoms with Gasteiger partial charge in [0.2, 0.25) is 0 Å². The van der Waals surface area contributed by atoms with Gasteiger partial charge >= 0.3 is 6.03 Å². The summed E-state index contributed by atoms with van der Waals surface area (Å²) in [6.45, 7) is 7.77. The predicted molar refractivity (Wildman–Crippen MR) is 101 cm³/mol. The number of aromatic nitrogens is 2. The second kappa shape index (κ2) is 7.62. The molecule has 2 heterocycles. The number of urea groups is 1. The highest BCUT2D eigenvalue weighted by atomic mass is 35.5. The fourth-order valence-corrected chi connectivity index (χ4v) is 3.44. The smallest absolute Gasteiger partial charge is 0.317 e. The van der Waals surface area contributed by atoms with Crippen molar-refractivity contribution >= 4 is 28.7 Å². The average molecular weight is 364 g/mol. The van der Waals surface area contributed by atoms with Crippen molar-refractivity contribution in [2.45, 2.75) is 32.9 Å². The minimum atomic E-state index is -0.0681. The summed E-state index contributed by atoms with van der Waals surface area (Å²) in [5.41, 5.74) is 1.74. The van der Waals surface area contributed by atoms with Crippen LogP contribution in [0.25, 0.3) is 11.0 Å². The summed E-state index contributed by atoms with van der Waals surface area (Å²) in [4.78, 5) is 24.1. The first-order valence-electron chi connectivity index (χ1n) is 8.79. The van der Waals surface area contributed by atoms with Crippen molar-refractivity contribution < 1.29 is 4.79 Å². The summed E-state index contributed by atoms with van der Waals surface area (Å²) in [5.74, 6) is 1.29. The van der Waals surface area contributed by atoms with E-state index < -0.39 is 0 Å². The molecule has 136 valence electrons. The molecule has 1 aliphatic rings. The summed E-state index contributed by atoms with van der Waals surface area (Å²) in [6.07, 6.45) is 1.15. The van der Waals surface area contributed by atoms with Gasteiger partial charge in [0.15, 0.2) is 0 Å². The molecule has 3 rings (SSSR count). The van der Waals surface area contributed by atoms with E-state index in [2.05, 4.69) is 34.0 Å². The zero-order valence-electron chi connectivity index (χ0n) is 15.1. The van der Waals surface area contributed by atoms with Crippen LogP contribution in [0.4, 0.5) is 4.79 Å². The van der Waals surface area contributed by atoms with E-state index in [4.69, 9.17) is 11.6 Å². The van der Waals surface area contributed by atoms with Crippen LogP contribution in [0.5, 0.6) is 0 Å². The number of H-pyrrole nitrogens is 1. The lowest BCUT2D eigenvalue weighted by Gasteiger charge is -2.21. The van der Waals surface area contributed by atoms with E-state index in [-0.39, 0.29) is 6.03 Å². The number of benzene rings is 1. The number of nitrogens with zero attached hydrogens (tertiary/aromatic N) is 3. The molecule has 2 aromatic rings. The van der Waals surface area contributed by atoms with Crippen LogP contribution < -0.4 is 5.32 Å². The number of rotatable bonds is 5. The van der Waals surface area contributed by atoms with Gasteiger partial charge in [-0.3, -0.25) is 0 Å². The van der Waals surface area contributed by atoms with Gasteiger partial charge in [-0.1, -0.05) is 11.6 Å². The van der Waals surface area contributed by atoms with Crippen molar-refractivity contribution in [3.8, 4) is 0 Å². The second-order valence-corrected chi connectivity index (χ2v) is 7.57. The van der Waals surface area contributed by atoms with Gasteiger partial charge < -0.3 is 20.1 Å². The molecule has 6 nitrogen and oxygen atoms in total. The van der Waals surface area contributed by atoms with E-state index >= 15 is 0 Å². The van der Waals surface area contributed by atoms with Gasteiger partial charge in [0.25, 0.3) is 0 Å². The first-order chi connectivity index (χ1) is 11.9. The Bertz CT molecular complexity index is 744. The highest BCUT2D eigenvalue weighted by Gasteiger charge is 2.24. The minimum Gasteiger partial charge on any atom is -0.340 e. The summed E-state index contributed by atoms with van der Waals surface area (Å²) in [7, 11) is 1.78. The van der Waals surface area contributed by atoms with Crippen LogP contribution >= 0.6 is 11.6 Å². The summed E-state index contributed by atoms with van der Waals surface area (Å²) in [6, 6.07) is 6.03. The first kappa shape index (κ1) is 18.0. The molecule has 0 unspecified atom stereocenters. The van der Waals surface area contributed by atoms with E-state index in [0.717, 1.165) is 42.9 Å². The number of carbonyl (C=O) groups is 1. The van der Waals surface area contributed by atoms with E-state index in [1.807, 2.05) is 18.2 Å². The third-order valence-electron chi connectivity index (χ3n) is 4.82. The van der Waals surface area contributed by atoms with Gasteiger partial charge in [0.1, 0.15) is 5.82 Å². The molecule has 1 aromatic carbocycles. The van der Waals surface area contributed by atoms with Crippen LogP contribution in [-0.4, -0.2) is 58.5 Å². The largest absolute Gasteiger partial charge is 0.340 e. The lowest BCUT2D eigenvalue weighted by molar-refractivity contribution is 0.203. The Kier molecular flexibility index (Phi) is 5.49. The number of aromatic amines is 1. The van der Waals surface area contributed by atoms with Crippen molar-refractivity contribution in [1.29, 1.82) is 0 Å². The molecule has 0 spiro atoms. The number of hydrogen-bond donors (Lipinski definition) is 2. The van der Waals surface area contributed by atoms with Crippen molar-refractivity contribution in [2.24, 2.45) is 5.92 Å². The zero-order valence-corrected chi connectivity index (χ0v) is 15.8. The van der Waals surface area contributed by atoms with Gasteiger partial charge in [0.05, 0.1) is 17.6 Å². The Morgan fingerprint density at radius 3 is 3.04 bits per heavy atom. The van der Waals surface area contributed by atoms with Crippen LogP contribution in [0, 0.1) is 5.92 Å². The normalized spacial score (nSPS) is 18.2. The summed E-state index contributed by atoms with van der Waals surface area (Å²) < 4.78 is 0. The fourth-order valence-electron chi connectivity index (χ4n) is 3.27. The lowest BCUT2D eigenvalue weighted by atomic mass is 10.1. The molecule has 25 heavy (non-hydrogen) atoms. The third-order valence-corrected chi connectivity index (χ3v) is 5.05. The highest BCUT2D eigenvalue weighted by molar-refractivity contribution is 6.31. The molecular formula is C18H26ClN5O. The number of carbonyl (C=O) groups excluding carboxylic acids is 1. The van der Waals surface area contributed by atoms with Gasteiger partial charge in [-0.25, -0.2) is 9.78 Å². The molecule has 1 aliphatic heterocycles. The second-order valence-electron chi connectivity index (χ2n) is 7.13. The minimum absolute atomic E-state index is 0.0681. The van der Waals surface area contributed by atoms with Crippen LogP contribution in [0.2, 0.25) is 5.02 Å². The predicted octanol–water partition coefficient (Wildman–Crippen LogP) is 3.09. The SMILES string of the molecule is CC(C)N1CC[C@H](CNC(=O)N(C)Cc2nc3ccc(Cl)cc3[nH]2)C1. The number of hydrogen-bond acceptors (Lipinski definition) is 3. The lowest BCUT2D eigenvalue weighted by Crippen LogP contribution is -2.40. The topological polar surface area (TPSA) is 64.3 Å². The maximum absolute atomic E-state index is 12.3. The Labute approximate surface area is 153 Å². The third kappa shape index (κ3) is 4.44. The quantitative estimate of drug-likeness (QED) is 0.858. The Hall–Kier alpha value is -1.79. The molecule has 1 saturated heterocycles. The summed E-state index contributed by atoms with van der Waals surface area (Å²) >= 11 is 5.99. The summed E-state index contributed by atoms with van der Waals surface area (Å²) in [5, 5.41) is 3.71. The standard InChI is InChI=1S/C18H26ClN5O/c1-12(2)24-7-6-13(10-24)9-20-18(25)23(3)11-17-21-15-5-4-14(19)8-16(15)22-17/h4-5,8,12-13H,6-7,9-11H2,1-3H3,(H,20,25)(H,21,22)/t13-/m1/s1. The molecule has 0 saturated carbocycles. The van der Waals surface area contributed by atoms with Crippen molar-refractivity contribution in [2.75, 3.05) is 26.7 Å². The van der Waals surface area contributed by atoms with Gasteiger partial charge in [-0.15, -0.1) is 0 Å². The van der Waals surface area contributed by atoms with Crippen molar-refractivity contribution in [3.05, 3.63) is 29.0 Å². The van der Waals surface area contributed by atoms with Crippen LogP contribution in [0.3, 0.4) is 0 Å². The van der Waals surface area contributed by atoms with E-state index in [0.29, 0.717) is 23.5 Å². The fraction of sp³-hybridized carbons (Fsp3) is 0.556. The van der Waals surface area contributed by atoms with Crippen LogP contribution in [-0.2, 0) is 6.54 Å². The Morgan fingerprint density at radius 2 is 2.32 bits per heavy atom. The van der Waals surface area contributed by atoms with Gasteiger partial charge in [0, 0.05) is 31.2 Å². The maximum atomic E-state index is 12.3. The number of halogens is 1. The molecule has 1 aromatic heterocycles. The molecule has 0 aliphatic carbocycles. The van der Waals surface area contributed by atoms with E-state index in [9.17, 15) is 4.79 Å². The number of likely N-dealkylation sites (tertiary alicyclic amines) is 1. The number of nitrogens with one attached hydrogen (secondary N) is 2. The zero-order chi connectivity index (χ0) is 18.0. The monoisotopic (exact) mass is 363 g/mol. The van der Waals surface area contributed by atoms with E-state index in [1.54, 1.807) is 11.9 Å².